The van der Waals surface area contributed by atoms with E-state index in [1.165, 1.54) is 11.1 Å². The summed E-state index contributed by atoms with van der Waals surface area (Å²) < 4.78 is 0. The van der Waals surface area contributed by atoms with Gasteiger partial charge in [-0.2, -0.15) is 0 Å². The summed E-state index contributed by atoms with van der Waals surface area (Å²) in [6, 6.07) is 7.94. The molecule has 0 bridgehead atoms. The van der Waals surface area contributed by atoms with Crippen molar-refractivity contribution in [1.29, 1.82) is 0 Å². The average molecular weight is 172 g/mol. The van der Waals surface area contributed by atoms with Gasteiger partial charge in [0.1, 0.15) is 0 Å². The number of hydrogen-bond acceptors (Lipinski definition) is 2. The lowest BCUT2D eigenvalue weighted by atomic mass is 10.0. The van der Waals surface area contributed by atoms with E-state index in [4.69, 9.17) is 5.73 Å². The van der Waals surface area contributed by atoms with Crippen LogP contribution in [0.4, 0.5) is 5.69 Å². The van der Waals surface area contributed by atoms with E-state index in [-0.39, 0.29) is 0 Å². The predicted molar refractivity (Wildman–Crippen MR) is 56.0 cm³/mol. The van der Waals surface area contributed by atoms with Gasteiger partial charge in [-0.1, -0.05) is 18.2 Å². The molecular formula is C11H12N2. The Balaban J connectivity index is 2.30. The van der Waals surface area contributed by atoms with Crippen molar-refractivity contribution in [2.45, 2.75) is 0 Å². The van der Waals surface area contributed by atoms with Gasteiger partial charge in [-0.05, 0) is 35.5 Å². The van der Waals surface area contributed by atoms with Crippen LogP contribution in [-0.4, -0.2) is 6.54 Å². The molecule has 13 heavy (non-hydrogen) atoms. The van der Waals surface area contributed by atoms with Crippen molar-refractivity contribution in [2.24, 2.45) is 0 Å². The fourth-order valence-electron chi connectivity index (χ4n) is 1.36. The smallest absolute Gasteiger partial charge is 0.0401 e. The highest BCUT2D eigenvalue weighted by Crippen LogP contribution is 2.16. The third kappa shape index (κ3) is 1.72. The Labute approximate surface area is 77.8 Å². The van der Waals surface area contributed by atoms with E-state index in [1.54, 1.807) is 0 Å². The summed E-state index contributed by atoms with van der Waals surface area (Å²) in [6.45, 7) is 0.889. The molecule has 0 amide bonds. The molecule has 0 atom stereocenters. The van der Waals surface area contributed by atoms with E-state index >= 15 is 0 Å². The van der Waals surface area contributed by atoms with Gasteiger partial charge in [0.15, 0.2) is 0 Å². The zero-order valence-corrected chi connectivity index (χ0v) is 7.33. The molecule has 1 heterocycles. The van der Waals surface area contributed by atoms with Crippen molar-refractivity contribution in [1.82, 2.24) is 5.32 Å². The van der Waals surface area contributed by atoms with Gasteiger partial charge in [-0.3, -0.25) is 0 Å². The van der Waals surface area contributed by atoms with Gasteiger partial charge >= 0.3 is 0 Å². The maximum atomic E-state index is 5.61. The molecule has 0 unspecified atom stereocenters. The van der Waals surface area contributed by atoms with Crippen LogP contribution in [0, 0.1) is 0 Å². The number of dihydropyridines is 1. The number of hydrogen-bond donors (Lipinski definition) is 2. The van der Waals surface area contributed by atoms with Gasteiger partial charge < -0.3 is 11.1 Å². The minimum atomic E-state index is 0.809. The van der Waals surface area contributed by atoms with Crippen LogP contribution < -0.4 is 11.1 Å². The zero-order chi connectivity index (χ0) is 9.10. The molecule has 0 saturated carbocycles. The van der Waals surface area contributed by atoms with Crippen LogP contribution in [0.15, 0.2) is 42.6 Å². The first-order chi connectivity index (χ1) is 6.36. The zero-order valence-electron chi connectivity index (χ0n) is 7.33. The van der Waals surface area contributed by atoms with Gasteiger partial charge in [0.05, 0.1) is 0 Å². The molecule has 3 N–H and O–H groups in total. The van der Waals surface area contributed by atoms with Crippen molar-refractivity contribution in [3.05, 3.63) is 48.2 Å². The van der Waals surface area contributed by atoms with E-state index in [9.17, 15) is 0 Å². The Morgan fingerprint density at radius 1 is 1.15 bits per heavy atom. The molecule has 0 spiro atoms. The monoisotopic (exact) mass is 172 g/mol. The highest BCUT2D eigenvalue weighted by Gasteiger charge is 2.01. The molecule has 1 aromatic rings. The first-order valence-electron chi connectivity index (χ1n) is 4.31. The number of nitrogen functional groups attached to an aromatic ring is 1. The average Bonchev–Trinajstić information content (AvgIpc) is 2.20. The normalized spacial score (nSPS) is 14.9. The lowest BCUT2D eigenvalue weighted by Crippen LogP contribution is -2.11. The summed E-state index contributed by atoms with van der Waals surface area (Å²) >= 11 is 0. The molecule has 2 nitrogen and oxygen atoms in total. The number of benzene rings is 1. The fraction of sp³-hybridized carbons (Fsp3) is 0.0909. The molecule has 1 aliphatic rings. The summed E-state index contributed by atoms with van der Waals surface area (Å²) in [4.78, 5) is 0. The second kappa shape index (κ2) is 3.35. The van der Waals surface area contributed by atoms with Crippen LogP contribution in [0.3, 0.4) is 0 Å². The first-order valence-corrected chi connectivity index (χ1v) is 4.31. The van der Waals surface area contributed by atoms with Gasteiger partial charge in [-0.25, -0.2) is 0 Å². The quantitative estimate of drug-likeness (QED) is 0.633. The van der Waals surface area contributed by atoms with E-state index in [2.05, 4.69) is 11.4 Å². The topological polar surface area (TPSA) is 38.0 Å². The number of rotatable bonds is 1. The molecule has 0 aliphatic carbocycles. The molecule has 0 fully saturated rings. The largest absolute Gasteiger partial charge is 0.399 e. The highest BCUT2D eigenvalue weighted by molar-refractivity contribution is 5.70. The second-order valence-electron chi connectivity index (χ2n) is 3.05. The summed E-state index contributed by atoms with van der Waals surface area (Å²) in [6.07, 6.45) is 6.07. The second-order valence-corrected chi connectivity index (χ2v) is 3.05. The SMILES string of the molecule is Nc1ccc(C2=CC=CNC2)cc1. The third-order valence-electron chi connectivity index (χ3n) is 2.09. The van der Waals surface area contributed by atoms with Crippen molar-refractivity contribution in [3.63, 3.8) is 0 Å². The van der Waals surface area contributed by atoms with Gasteiger partial charge in [-0.15, -0.1) is 0 Å². The first kappa shape index (κ1) is 7.92. The maximum Gasteiger partial charge on any atom is 0.0401 e. The molecular weight excluding hydrogens is 160 g/mol. The number of anilines is 1. The predicted octanol–water partition coefficient (Wildman–Crippen LogP) is 1.77. The lowest BCUT2D eigenvalue weighted by Gasteiger charge is -2.10. The summed E-state index contributed by atoms with van der Waals surface area (Å²) in [5.74, 6) is 0. The Morgan fingerprint density at radius 2 is 1.92 bits per heavy atom. The van der Waals surface area contributed by atoms with Crippen molar-refractivity contribution in [2.75, 3.05) is 12.3 Å². The molecule has 2 rings (SSSR count). The Kier molecular flexibility index (Phi) is 2.04. The summed E-state index contributed by atoms with van der Waals surface area (Å²) in [5, 5.41) is 3.17. The van der Waals surface area contributed by atoms with E-state index in [1.807, 2.05) is 36.5 Å². The summed E-state index contributed by atoms with van der Waals surface area (Å²) in [7, 11) is 0. The highest BCUT2D eigenvalue weighted by atomic mass is 14.8. The van der Waals surface area contributed by atoms with Gasteiger partial charge in [0.25, 0.3) is 0 Å². The van der Waals surface area contributed by atoms with Gasteiger partial charge in [0.2, 0.25) is 0 Å². The van der Waals surface area contributed by atoms with E-state index < -0.39 is 0 Å². The number of allylic oxidation sites excluding steroid dienone is 2. The van der Waals surface area contributed by atoms with Gasteiger partial charge in [0, 0.05) is 12.2 Å². The Morgan fingerprint density at radius 3 is 2.54 bits per heavy atom. The standard InChI is InChI=1S/C11H12N2/c12-11-5-3-9(4-6-11)10-2-1-7-13-8-10/h1-7,13H,8,12H2. The molecule has 66 valence electrons. The molecule has 1 aliphatic heterocycles. The number of nitrogens with two attached hydrogens (primary N) is 1. The van der Waals surface area contributed by atoms with Crippen molar-refractivity contribution >= 4 is 11.3 Å². The van der Waals surface area contributed by atoms with Crippen molar-refractivity contribution < 1.29 is 0 Å². The molecule has 0 aromatic heterocycles. The van der Waals surface area contributed by atoms with Crippen LogP contribution in [-0.2, 0) is 0 Å². The van der Waals surface area contributed by atoms with Crippen LogP contribution >= 0.6 is 0 Å². The molecule has 0 saturated heterocycles. The van der Waals surface area contributed by atoms with Crippen LogP contribution in [0.25, 0.3) is 5.57 Å². The Bertz CT molecular complexity index is 347. The summed E-state index contributed by atoms with van der Waals surface area (Å²) in [5.41, 5.74) is 8.94. The lowest BCUT2D eigenvalue weighted by molar-refractivity contribution is 0.986. The molecule has 0 radical (unpaired) electrons. The van der Waals surface area contributed by atoms with E-state index in [0.29, 0.717) is 0 Å². The minimum Gasteiger partial charge on any atom is -0.399 e. The van der Waals surface area contributed by atoms with E-state index in [0.717, 1.165) is 12.2 Å². The number of nitrogens with one attached hydrogen (secondary N) is 1. The minimum absolute atomic E-state index is 0.809. The van der Waals surface area contributed by atoms with Crippen molar-refractivity contribution in [3.8, 4) is 0 Å². The third-order valence-corrected chi connectivity index (χ3v) is 2.09. The van der Waals surface area contributed by atoms with Crippen LogP contribution in [0.2, 0.25) is 0 Å². The van der Waals surface area contributed by atoms with Crippen LogP contribution in [0.1, 0.15) is 5.56 Å². The Hall–Kier alpha value is -1.70. The molecule has 1 aromatic carbocycles. The molecule has 2 heteroatoms. The fourth-order valence-corrected chi connectivity index (χ4v) is 1.36. The maximum absolute atomic E-state index is 5.61. The van der Waals surface area contributed by atoms with Crippen LogP contribution in [0.5, 0.6) is 0 Å².